The summed E-state index contributed by atoms with van der Waals surface area (Å²) >= 11 is 6.20. The fourth-order valence-electron chi connectivity index (χ4n) is 3.51. The van der Waals surface area contributed by atoms with Crippen molar-refractivity contribution in [3.8, 4) is 0 Å². The van der Waals surface area contributed by atoms with Crippen LogP contribution in [-0.4, -0.2) is 16.6 Å². The molecule has 1 nitrogen and oxygen atoms in total. The smallest absolute Gasteiger partial charge is 0.0758 e. The Morgan fingerprint density at radius 2 is 2.08 bits per heavy atom. The molecule has 2 fully saturated rings. The van der Waals surface area contributed by atoms with Gasteiger partial charge in [0.25, 0.3) is 0 Å². The van der Waals surface area contributed by atoms with Crippen molar-refractivity contribution in [3.63, 3.8) is 0 Å². The Kier molecular flexibility index (Phi) is 1.40. The molecule has 12 heavy (non-hydrogen) atoms. The van der Waals surface area contributed by atoms with Crippen LogP contribution in [0.25, 0.3) is 0 Å². The standard InChI is InChI=1S/C10H13ClO/c11-8-4-5-3-7(8)10-6(5)1-2-9(10)12/h1-2,5-10,12H,3-4H2/t5-,6-,7-,8-,9+,10+/m1/s1. The first-order chi connectivity index (χ1) is 5.77. The largest absolute Gasteiger partial charge is 0.389 e. The van der Waals surface area contributed by atoms with Crippen molar-refractivity contribution in [2.75, 3.05) is 0 Å². The number of hydrogen-bond acceptors (Lipinski definition) is 1. The lowest BCUT2D eigenvalue weighted by molar-refractivity contribution is 0.107. The maximum atomic E-state index is 9.69. The van der Waals surface area contributed by atoms with Gasteiger partial charge >= 0.3 is 0 Å². The van der Waals surface area contributed by atoms with Crippen LogP contribution in [0.2, 0.25) is 0 Å². The third kappa shape index (κ3) is 0.742. The molecule has 0 heterocycles. The minimum absolute atomic E-state index is 0.202. The van der Waals surface area contributed by atoms with Crippen molar-refractivity contribution in [1.82, 2.24) is 0 Å². The van der Waals surface area contributed by atoms with Gasteiger partial charge in [-0.2, -0.15) is 0 Å². The van der Waals surface area contributed by atoms with E-state index in [1.807, 2.05) is 6.08 Å². The number of aliphatic hydroxyl groups excluding tert-OH is 1. The average Bonchev–Trinajstić information content (AvgIpc) is 2.62. The second-order valence-corrected chi connectivity index (χ2v) is 5.00. The Morgan fingerprint density at radius 1 is 1.25 bits per heavy atom. The van der Waals surface area contributed by atoms with Crippen molar-refractivity contribution in [2.45, 2.75) is 24.3 Å². The van der Waals surface area contributed by atoms with Crippen molar-refractivity contribution < 1.29 is 5.11 Å². The molecular weight excluding hydrogens is 172 g/mol. The minimum atomic E-state index is -0.202. The molecule has 3 aliphatic carbocycles. The van der Waals surface area contributed by atoms with E-state index < -0.39 is 0 Å². The molecule has 0 saturated heterocycles. The molecule has 0 aliphatic heterocycles. The van der Waals surface area contributed by atoms with Crippen LogP contribution in [0, 0.1) is 23.7 Å². The molecule has 0 aromatic heterocycles. The van der Waals surface area contributed by atoms with Gasteiger partial charge in [-0.1, -0.05) is 12.2 Å². The van der Waals surface area contributed by atoms with Gasteiger partial charge in [0, 0.05) is 5.38 Å². The van der Waals surface area contributed by atoms with Gasteiger partial charge in [0.15, 0.2) is 0 Å². The molecule has 3 rings (SSSR count). The Labute approximate surface area is 77.4 Å². The molecule has 3 aliphatic rings. The van der Waals surface area contributed by atoms with E-state index in [9.17, 15) is 5.11 Å². The van der Waals surface area contributed by atoms with E-state index in [0.29, 0.717) is 23.1 Å². The molecule has 0 aromatic carbocycles. The predicted molar refractivity (Wildman–Crippen MR) is 48.0 cm³/mol. The quantitative estimate of drug-likeness (QED) is 0.450. The fraction of sp³-hybridized carbons (Fsp3) is 0.800. The molecule has 0 unspecified atom stereocenters. The summed E-state index contributed by atoms with van der Waals surface area (Å²) in [6, 6.07) is 0. The SMILES string of the molecule is O[C@H]1C=C[C@@H]2[C@@H]3C[C@@H]([C@H]21)[C@H](Cl)C3. The first-order valence-electron chi connectivity index (χ1n) is 4.78. The topological polar surface area (TPSA) is 20.2 Å². The van der Waals surface area contributed by atoms with E-state index in [-0.39, 0.29) is 6.10 Å². The number of allylic oxidation sites excluding steroid dienone is 1. The van der Waals surface area contributed by atoms with Gasteiger partial charge in [-0.15, -0.1) is 11.6 Å². The van der Waals surface area contributed by atoms with Crippen LogP contribution < -0.4 is 0 Å². The number of aliphatic hydroxyl groups is 1. The number of rotatable bonds is 0. The first-order valence-corrected chi connectivity index (χ1v) is 5.21. The summed E-state index contributed by atoms with van der Waals surface area (Å²) in [5, 5.41) is 10.0. The maximum absolute atomic E-state index is 9.69. The third-order valence-electron chi connectivity index (χ3n) is 3.98. The summed E-state index contributed by atoms with van der Waals surface area (Å²) in [7, 11) is 0. The van der Waals surface area contributed by atoms with Crippen LogP contribution in [0.15, 0.2) is 12.2 Å². The van der Waals surface area contributed by atoms with Crippen LogP contribution in [-0.2, 0) is 0 Å². The van der Waals surface area contributed by atoms with Crippen molar-refractivity contribution in [2.24, 2.45) is 23.7 Å². The van der Waals surface area contributed by atoms with Gasteiger partial charge in [0.1, 0.15) is 0 Å². The molecule has 2 saturated carbocycles. The van der Waals surface area contributed by atoms with Gasteiger partial charge in [-0.25, -0.2) is 0 Å². The van der Waals surface area contributed by atoms with E-state index in [1.54, 1.807) is 0 Å². The van der Waals surface area contributed by atoms with E-state index in [1.165, 1.54) is 12.8 Å². The molecule has 2 bridgehead atoms. The average molecular weight is 185 g/mol. The molecule has 1 N–H and O–H groups in total. The summed E-state index contributed by atoms with van der Waals surface area (Å²) in [6.45, 7) is 0. The number of alkyl halides is 1. The number of hydrogen-bond donors (Lipinski definition) is 1. The summed E-state index contributed by atoms with van der Waals surface area (Å²) in [5.74, 6) is 2.48. The third-order valence-corrected chi connectivity index (χ3v) is 4.48. The molecule has 0 amide bonds. The second-order valence-electron chi connectivity index (χ2n) is 4.44. The molecule has 66 valence electrons. The van der Waals surface area contributed by atoms with E-state index in [2.05, 4.69) is 6.08 Å². The van der Waals surface area contributed by atoms with Crippen LogP contribution in [0.4, 0.5) is 0 Å². The first kappa shape index (κ1) is 7.40. The van der Waals surface area contributed by atoms with Gasteiger partial charge < -0.3 is 5.11 Å². The highest BCUT2D eigenvalue weighted by Gasteiger charge is 2.54. The van der Waals surface area contributed by atoms with Gasteiger partial charge in [-0.3, -0.25) is 0 Å². The maximum Gasteiger partial charge on any atom is 0.0758 e. The lowest BCUT2D eigenvalue weighted by atomic mass is 9.80. The monoisotopic (exact) mass is 184 g/mol. The lowest BCUT2D eigenvalue weighted by Gasteiger charge is -2.29. The van der Waals surface area contributed by atoms with Gasteiger partial charge in [0.05, 0.1) is 6.10 Å². The summed E-state index contributed by atoms with van der Waals surface area (Å²) < 4.78 is 0. The molecule has 6 atom stereocenters. The zero-order valence-electron chi connectivity index (χ0n) is 6.86. The van der Waals surface area contributed by atoms with Crippen molar-refractivity contribution >= 4 is 11.6 Å². The molecule has 0 spiro atoms. The summed E-state index contributed by atoms with van der Waals surface area (Å²) in [5.41, 5.74) is 0. The number of fused-ring (bicyclic) bond motifs is 5. The summed E-state index contributed by atoms with van der Waals surface area (Å²) in [4.78, 5) is 0. The van der Waals surface area contributed by atoms with Gasteiger partial charge in [-0.05, 0) is 36.5 Å². The Bertz CT molecular complexity index is 238. The molecular formula is C10H13ClO. The van der Waals surface area contributed by atoms with Crippen LogP contribution in [0.1, 0.15) is 12.8 Å². The second kappa shape index (κ2) is 2.27. The zero-order chi connectivity index (χ0) is 8.29. The minimum Gasteiger partial charge on any atom is -0.389 e. The normalized spacial score (nSPS) is 61.2. The summed E-state index contributed by atoms with van der Waals surface area (Å²) in [6.07, 6.45) is 6.40. The van der Waals surface area contributed by atoms with Crippen LogP contribution >= 0.6 is 11.6 Å². The Balaban J connectivity index is 1.94. The Morgan fingerprint density at radius 3 is 2.92 bits per heavy atom. The van der Waals surface area contributed by atoms with Crippen molar-refractivity contribution in [1.29, 1.82) is 0 Å². The van der Waals surface area contributed by atoms with Gasteiger partial charge in [0.2, 0.25) is 0 Å². The highest BCUT2D eigenvalue weighted by Crippen LogP contribution is 2.57. The fourth-order valence-corrected chi connectivity index (χ4v) is 4.01. The zero-order valence-corrected chi connectivity index (χ0v) is 7.61. The Hall–Kier alpha value is -0.0100. The number of halogens is 1. The van der Waals surface area contributed by atoms with Crippen molar-refractivity contribution in [3.05, 3.63) is 12.2 Å². The van der Waals surface area contributed by atoms with E-state index in [4.69, 9.17) is 11.6 Å². The van der Waals surface area contributed by atoms with E-state index in [0.717, 1.165) is 5.92 Å². The highest BCUT2D eigenvalue weighted by molar-refractivity contribution is 6.21. The molecule has 0 aromatic rings. The van der Waals surface area contributed by atoms with E-state index >= 15 is 0 Å². The lowest BCUT2D eigenvalue weighted by Crippen LogP contribution is -2.31. The molecule has 2 heteroatoms. The van der Waals surface area contributed by atoms with Crippen LogP contribution in [0.5, 0.6) is 0 Å². The van der Waals surface area contributed by atoms with Crippen LogP contribution in [0.3, 0.4) is 0 Å². The highest BCUT2D eigenvalue weighted by atomic mass is 35.5. The molecule has 0 radical (unpaired) electrons. The predicted octanol–water partition coefficient (Wildman–Crippen LogP) is 1.80.